The monoisotopic (exact) mass is 410 g/mol. The minimum atomic E-state index is -5.29. The van der Waals surface area contributed by atoms with Gasteiger partial charge in [-0.15, -0.1) is 0 Å². The molecule has 2 rings (SSSR count). The molecule has 0 radical (unpaired) electrons. The van der Waals surface area contributed by atoms with Crippen molar-refractivity contribution in [1.29, 1.82) is 0 Å². The number of hydrogen-bond acceptors (Lipinski definition) is 3. The Balaban J connectivity index is 1.95. The molecule has 1 aromatic carbocycles. The van der Waals surface area contributed by atoms with Gasteiger partial charge in [0.05, 0.1) is 6.54 Å². The number of nitrogens with one attached hydrogen (secondary N) is 2. The van der Waals surface area contributed by atoms with Gasteiger partial charge in [0.2, 0.25) is 0 Å². The number of guanidine groups is 1. The van der Waals surface area contributed by atoms with E-state index in [2.05, 4.69) is 15.6 Å². The molecule has 1 aliphatic heterocycles. The average Bonchev–Trinajstić information content (AvgIpc) is 2.59. The van der Waals surface area contributed by atoms with E-state index in [1.165, 1.54) is 12.1 Å². The van der Waals surface area contributed by atoms with Crippen LogP contribution in [0.15, 0.2) is 29.3 Å². The van der Waals surface area contributed by atoms with Crippen LogP contribution >= 0.6 is 0 Å². The molecule has 0 spiro atoms. The van der Waals surface area contributed by atoms with Crippen LogP contribution in [0.4, 0.5) is 17.6 Å². The lowest BCUT2D eigenvalue weighted by molar-refractivity contribution is -0.0494. The first-order valence-electron chi connectivity index (χ1n) is 8.49. The Bertz CT molecular complexity index is 760. The van der Waals surface area contributed by atoms with Gasteiger partial charge in [0.1, 0.15) is 5.82 Å². The van der Waals surface area contributed by atoms with Crippen molar-refractivity contribution in [1.82, 2.24) is 14.9 Å². The SMILES string of the molecule is CCNC(=NCc1cccc(F)c1)NC1CCN(S(=O)(=O)C(F)(F)F)CC1. The molecule has 0 atom stereocenters. The number of sulfonamides is 1. The molecule has 0 unspecified atom stereocenters. The predicted octanol–water partition coefficient (Wildman–Crippen LogP) is 2.19. The van der Waals surface area contributed by atoms with Gasteiger partial charge in [-0.3, -0.25) is 0 Å². The van der Waals surface area contributed by atoms with Crippen molar-refractivity contribution >= 4 is 16.0 Å². The Morgan fingerprint density at radius 2 is 1.96 bits per heavy atom. The second kappa shape index (κ2) is 8.87. The van der Waals surface area contributed by atoms with Crippen LogP contribution < -0.4 is 10.6 Å². The van der Waals surface area contributed by atoms with E-state index in [4.69, 9.17) is 0 Å². The van der Waals surface area contributed by atoms with Crippen molar-refractivity contribution in [2.75, 3.05) is 19.6 Å². The molecule has 1 saturated heterocycles. The maximum atomic E-state index is 13.2. The number of hydrogen-bond donors (Lipinski definition) is 2. The summed E-state index contributed by atoms with van der Waals surface area (Å²) in [5.41, 5.74) is -4.60. The highest BCUT2D eigenvalue weighted by Gasteiger charge is 2.50. The lowest BCUT2D eigenvalue weighted by Crippen LogP contribution is -2.51. The van der Waals surface area contributed by atoms with Gasteiger partial charge >= 0.3 is 15.5 Å². The summed E-state index contributed by atoms with van der Waals surface area (Å²) < 4.78 is 74.4. The van der Waals surface area contributed by atoms with Crippen molar-refractivity contribution in [2.24, 2.45) is 4.99 Å². The summed E-state index contributed by atoms with van der Waals surface area (Å²) in [5.74, 6) is 0.0813. The fraction of sp³-hybridized carbons (Fsp3) is 0.562. The Labute approximate surface area is 155 Å². The van der Waals surface area contributed by atoms with Crippen molar-refractivity contribution in [3.8, 4) is 0 Å². The summed E-state index contributed by atoms with van der Waals surface area (Å²) in [7, 11) is -5.29. The number of rotatable bonds is 5. The predicted molar refractivity (Wildman–Crippen MR) is 93.9 cm³/mol. The highest BCUT2D eigenvalue weighted by molar-refractivity contribution is 7.90. The maximum Gasteiger partial charge on any atom is 0.511 e. The van der Waals surface area contributed by atoms with E-state index < -0.39 is 15.5 Å². The summed E-state index contributed by atoms with van der Waals surface area (Å²) >= 11 is 0. The molecule has 11 heteroatoms. The molecule has 0 saturated carbocycles. The van der Waals surface area contributed by atoms with Crippen LogP contribution in [-0.2, 0) is 16.6 Å². The first kappa shape index (κ1) is 21.4. The summed E-state index contributed by atoms with van der Waals surface area (Å²) in [6.45, 7) is 2.22. The Hall–Kier alpha value is -1.88. The molecule has 1 aliphatic rings. The number of halogens is 4. The molecule has 1 heterocycles. The van der Waals surface area contributed by atoms with Crippen LogP contribution in [0.2, 0.25) is 0 Å². The number of piperidine rings is 1. The Morgan fingerprint density at radius 1 is 1.30 bits per heavy atom. The summed E-state index contributed by atoms with van der Waals surface area (Å²) in [6, 6.07) is 5.80. The van der Waals surface area contributed by atoms with Gasteiger partial charge in [-0.05, 0) is 37.5 Å². The zero-order valence-corrected chi connectivity index (χ0v) is 15.6. The van der Waals surface area contributed by atoms with Crippen molar-refractivity contribution in [2.45, 2.75) is 37.9 Å². The van der Waals surface area contributed by atoms with Crippen molar-refractivity contribution < 1.29 is 26.0 Å². The fourth-order valence-electron chi connectivity index (χ4n) is 2.71. The Kier molecular flexibility index (Phi) is 7.04. The van der Waals surface area contributed by atoms with Crippen LogP contribution in [0.5, 0.6) is 0 Å². The topological polar surface area (TPSA) is 73.8 Å². The van der Waals surface area contributed by atoms with Crippen LogP contribution in [-0.4, -0.2) is 49.9 Å². The third-order valence-corrected chi connectivity index (χ3v) is 5.71. The largest absolute Gasteiger partial charge is 0.511 e. The lowest BCUT2D eigenvalue weighted by Gasteiger charge is -2.32. The lowest BCUT2D eigenvalue weighted by atomic mass is 10.1. The van der Waals surface area contributed by atoms with Crippen LogP contribution in [0.3, 0.4) is 0 Å². The molecule has 2 N–H and O–H groups in total. The van der Waals surface area contributed by atoms with E-state index in [1.54, 1.807) is 12.1 Å². The number of nitrogens with zero attached hydrogens (tertiary/aromatic N) is 2. The third-order valence-electron chi connectivity index (χ3n) is 4.08. The molecular formula is C16H22F4N4O2S. The number of alkyl halides is 3. The molecule has 0 aliphatic carbocycles. The summed E-state index contributed by atoms with van der Waals surface area (Å²) in [6.07, 6.45) is 0.444. The molecule has 0 bridgehead atoms. The number of aliphatic imine (C=N–C) groups is 1. The standard InChI is InChI=1S/C16H22F4N4O2S/c1-2-21-15(22-11-12-4-3-5-13(17)10-12)23-14-6-8-24(9-7-14)27(25,26)16(18,19)20/h3-5,10,14H,2,6-9,11H2,1H3,(H2,21,22,23). The van der Waals surface area contributed by atoms with Gasteiger partial charge in [-0.25, -0.2) is 17.8 Å². The zero-order chi connectivity index (χ0) is 20.1. The smallest absolute Gasteiger partial charge is 0.357 e. The first-order chi connectivity index (χ1) is 12.6. The third kappa shape index (κ3) is 5.80. The van der Waals surface area contributed by atoms with E-state index in [9.17, 15) is 26.0 Å². The molecule has 1 aromatic rings. The van der Waals surface area contributed by atoms with Gasteiger partial charge in [-0.2, -0.15) is 17.5 Å². The molecule has 6 nitrogen and oxygen atoms in total. The number of benzene rings is 1. The normalized spacial score (nSPS) is 17.7. The van der Waals surface area contributed by atoms with E-state index in [-0.39, 0.29) is 44.3 Å². The zero-order valence-electron chi connectivity index (χ0n) is 14.8. The fourth-order valence-corrected chi connectivity index (χ4v) is 3.69. The van der Waals surface area contributed by atoms with Gasteiger partial charge in [0, 0.05) is 25.7 Å². The van der Waals surface area contributed by atoms with Crippen molar-refractivity contribution in [3.05, 3.63) is 35.6 Å². The molecule has 152 valence electrons. The molecular weight excluding hydrogens is 388 g/mol. The van der Waals surface area contributed by atoms with Gasteiger partial charge in [0.25, 0.3) is 0 Å². The van der Waals surface area contributed by atoms with Gasteiger partial charge in [-0.1, -0.05) is 12.1 Å². The minimum absolute atomic E-state index is 0.213. The van der Waals surface area contributed by atoms with Crippen molar-refractivity contribution in [3.63, 3.8) is 0 Å². The Morgan fingerprint density at radius 3 is 2.52 bits per heavy atom. The summed E-state index contributed by atoms with van der Waals surface area (Å²) in [4.78, 5) is 4.34. The second-order valence-corrected chi connectivity index (χ2v) is 8.02. The average molecular weight is 410 g/mol. The van der Waals surface area contributed by atoms with E-state index in [0.29, 0.717) is 22.4 Å². The van der Waals surface area contributed by atoms with Crippen LogP contribution in [0.25, 0.3) is 0 Å². The summed E-state index contributed by atoms with van der Waals surface area (Å²) in [5, 5.41) is 6.11. The molecule has 1 fully saturated rings. The van der Waals surface area contributed by atoms with Crippen LogP contribution in [0, 0.1) is 5.82 Å². The first-order valence-corrected chi connectivity index (χ1v) is 9.93. The highest BCUT2D eigenvalue weighted by Crippen LogP contribution is 2.28. The van der Waals surface area contributed by atoms with Gasteiger partial charge < -0.3 is 10.6 Å². The van der Waals surface area contributed by atoms with Crippen LogP contribution in [0.1, 0.15) is 25.3 Å². The second-order valence-electron chi connectivity index (χ2n) is 6.09. The molecule has 27 heavy (non-hydrogen) atoms. The molecule has 0 amide bonds. The minimum Gasteiger partial charge on any atom is -0.357 e. The van der Waals surface area contributed by atoms with E-state index in [1.807, 2.05) is 6.92 Å². The van der Waals surface area contributed by atoms with Gasteiger partial charge in [0.15, 0.2) is 5.96 Å². The van der Waals surface area contributed by atoms with E-state index >= 15 is 0 Å². The molecule has 0 aromatic heterocycles. The van der Waals surface area contributed by atoms with E-state index in [0.717, 1.165) is 0 Å². The highest BCUT2D eigenvalue weighted by atomic mass is 32.2. The maximum absolute atomic E-state index is 13.2. The quantitative estimate of drug-likeness (QED) is 0.444.